The Labute approximate surface area is 194 Å². The summed E-state index contributed by atoms with van der Waals surface area (Å²) in [4.78, 5) is 24.4. The second kappa shape index (κ2) is 10.9. The van der Waals surface area contributed by atoms with E-state index in [0.717, 1.165) is 48.2 Å². The third-order valence-electron chi connectivity index (χ3n) is 6.05. The lowest BCUT2D eigenvalue weighted by molar-refractivity contribution is 0.0600. The highest BCUT2D eigenvalue weighted by atomic mass is 19.1. The van der Waals surface area contributed by atoms with Gasteiger partial charge in [-0.25, -0.2) is 9.18 Å². The van der Waals surface area contributed by atoms with Gasteiger partial charge in [-0.3, -0.25) is 4.79 Å². The number of methoxy groups -OCH3 is 1. The molecule has 33 heavy (non-hydrogen) atoms. The number of carbonyl (C=O) groups is 2. The number of aryl methyl sites for hydroxylation is 1. The highest BCUT2D eigenvalue weighted by Crippen LogP contribution is 2.34. The van der Waals surface area contributed by atoms with Crippen molar-refractivity contribution in [3.63, 3.8) is 0 Å². The smallest absolute Gasteiger partial charge is 0.337 e. The fourth-order valence-corrected chi connectivity index (χ4v) is 4.34. The van der Waals surface area contributed by atoms with Gasteiger partial charge in [0.05, 0.1) is 18.2 Å². The number of primary amides is 1. The van der Waals surface area contributed by atoms with Crippen LogP contribution < -0.4 is 5.73 Å². The van der Waals surface area contributed by atoms with Gasteiger partial charge in [-0.2, -0.15) is 0 Å². The van der Waals surface area contributed by atoms with Gasteiger partial charge in [0.1, 0.15) is 5.82 Å². The Morgan fingerprint density at radius 2 is 1.73 bits per heavy atom. The molecule has 2 N–H and O–H groups in total. The predicted molar refractivity (Wildman–Crippen MR) is 128 cm³/mol. The summed E-state index contributed by atoms with van der Waals surface area (Å²) in [6.07, 6.45) is 4.37. The molecule has 0 spiro atoms. The number of benzene rings is 2. The molecule has 174 valence electrons. The topological polar surface area (TPSA) is 74.3 Å². The maximum atomic E-state index is 14.2. The van der Waals surface area contributed by atoms with Crippen LogP contribution in [-0.2, 0) is 24.1 Å². The van der Waals surface area contributed by atoms with Crippen molar-refractivity contribution >= 4 is 11.9 Å². The van der Waals surface area contributed by atoms with E-state index in [1.165, 1.54) is 13.2 Å². The van der Waals surface area contributed by atoms with Crippen molar-refractivity contribution in [2.24, 2.45) is 5.73 Å². The molecule has 0 aliphatic heterocycles. The Morgan fingerprint density at radius 3 is 2.33 bits per heavy atom. The van der Waals surface area contributed by atoms with Crippen LogP contribution in [0, 0.1) is 12.7 Å². The van der Waals surface area contributed by atoms with E-state index in [4.69, 9.17) is 10.5 Å². The predicted octanol–water partition coefficient (Wildman–Crippen LogP) is 5.46. The van der Waals surface area contributed by atoms with Gasteiger partial charge in [0, 0.05) is 23.5 Å². The Hall–Kier alpha value is -3.41. The van der Waals surface area contributed by atoms with Gasteiger partial charge in [0.2, 0.25) is 0 Å². The van der Waals surface area contributed by atoms with Crippen molar-refractivity contribution in [1.29, 1.82) is 0 Å². The molecule has 0 bridgehead atoms. The Morgan fingerprint density at radius 1 is 1.03 bits per heavy atom. The lowest BCUT2D eigenvalue weighted by Crippen LogP contribution is -2.14. The van der Waals surface area contributed by atoms with Crippen LogP contribution in [0.2, 0.25) is 0 Å². The summed E-state index contributed by atoms with van der Waals surface area (Å²) in [5, 5.41) is 0. The van der Waals surface area contributed by atoms with E-state index in [0.29, 0.717) is 29.7 Å². The van der Waals surface area contributed by atoms with Crippen molar-refractivity contribution in [2.75, 3.05) is 7.11 Å². The number of unbranched alkanes of at least 4 members (excludes halogenated alkanes) is 2. The standard InChI is InChI=1S/C27H31FN2O3/c1-4-5-6-11-23-25(20-12-14-21(15-13-20)27(32)33-3)24(26(29)31)18(2)30(23)17-16-19-9-7-8-10-22(19)28/h7-10,12-15H,4-6,11,16-17H2,1-3H3,(H2,29,31). The largest absolute Gasteiger partial charge is 0.465 e. The van der Waals surface area contributed by atoms with Crippen LogP contribution in [0.25, 0.3) is 11.1 Å². The first-order valence-electron chi connectivity index (χ1n) is 11.3. The Kier molecular flexibility index (Phi) is 8.04. The fraction of sp³-hybridized carbons (Fsp3) is 0.333. The molecule has 0 saturated heterocycles. The van der Waals surface area contributed by atoms with Gasteiger partial charge in [0.15, 0.2) is 0 Å². The van der Waals surface area contributed by atoms with Gasteiger partial charge in [-0.1, -0.05) is 50.1 Å². The maximum Gasteiger partial charge on any atom is 0.337 e. The van der Waals surface area contributed by atoms with E-state index in [9.17, 15) is 14.0 Å². The number of hydrogen-bond donors (Lipinski definition) is 1. The van der Waals surface area contributed by atoms with E-state index in [2.05, 4.69) is 11.5 Å². The summed E-state index contributed by atoms with van der Waals surface area (Å²) in [7, 11) is 1.34. The molecule has 2 aromatic carbocycles. The molecular formula is C27H31FN2O3. The zero-order valence-corrected chi connectivity index (χ0v) is 19.5. The van der Waals surface area contributed by atoms with Crippen LogP contribution in [0.4, 0.5) is 4.39 Å². The summed E-state index contributed by atoms with van der Waals surface area (Å²) < 4.78 is 21.1. The number of nitrogens with zero attached hydrogens (tertiary/aromatic N) is 1. The first-order valence-corrected chi connectivity index (χ1v) is 11.3. The van der Waals surface area contributed by atoms with Crippen molar-refractivity contribution in [3.05, 3.63) is 82.4 Å². The summed E-state index contributed by atoms with van der Waals surface area (Å²) in [6, 6.07) is 13.8. The zero-order chi connectivity index (χ0) is 24.0. The van der Waals surface area contributed by atoms with E-state index < -0.39 is 11.9 Å². The molecular weight excluding hydrogens is 419 g/mol. The molecule has 0 saturated carbocycles. The van der Waals surface area contributed by atoms with E-state index in [1.54, 1.807) is 24.3 Å². The molecule has 3 rings (SSSR count). The average molecular weight is 451 g/mol. The number of hydrogen-bond acceptors (Lipinski definition) is 3. The lowest BCUT2D eigenvalue weighted by atomic mass is 9.96. The van der Waals surface area contributed by atoms with E-state index in [-0.39, 0.29) is 5.82 Å². The van der Waals surface area contributed by atoms with E-state index in [1.807, 2.05) is 25.1 Å². The molecule has 6 heteroatoms. The van der Waals surface area contributed by atoms with Gasteiger partial charge in [-0.15, -0.1) is 0 Å². The van der Waals surface area contributed by atoms with Gasteiger partial charge < -0.3 is 15.0 Å². The molecule has 0 aliphatic carbocycles. The highest BCUT2D eigenvalue weighted by molar-refractivity contribution is 6.02. The first-order chi connectivity index (χ1) is 15.9. The van der Waals surface area contributed by atoms with Crippen LogP contribution in [0.15, 0.2) is 48.5 Å². The van der Waals surface area contributed by atoms with Crippen molar-refractivity contribution in [3.8, 4) is 11.1 Å². The molecule has 1 heterocycles. The number of aromatic nitrogens is 1. The fourth-order valence-electron chi connectivity index (χ4n) is 4.34. The SMILES string of the molecule is CCCCCc1c(-c2ccc(C(=O)OC)cc2)c(C(N)=O)c(C)n1CCc1ccccc1F. The minimum atomic E-state index is -0.499. The minimum Gasteiger partial charge on any atom is -0.465 e. The number of carbonyl (C=O) groups excluding carboxylic acids is 2. The van der Waals surface area contributed by atoms with E-state index >= 15 is 0 Å². The third kappa shape index (κ3) is 5.33. The number of amides is 1. The van der Waals surface area contributed by atoms with Crippen LogP contribution in [0.3, 0.4) is 0 Å². The number of nitrogens with two attached hydrogens (primary N) is 1. The van der Waals surface area contributed by atoms with Crippen LogP contribution in [0.5, 0.6) is 0 Å². The summed E-state index contributed by atoms with van der Waals surface area (Å²) >= 11 is 0. The molecule has 0 radical (unpaired) electrons. The number of esters is 1. The Bertz CT molecular complexity index is 1130. The van der Waals surface area contributed by atoms with Crippen molar-refractivity contribution in [1.82, 2.24) is 4.57 Å². The monoisotopic (exact) mass is 450 g/mol. The number of ether oxygens (including phenoxy) is 1. The maximum absolute atomic E-state index is 14.2. The molecule has 3 aromatic rings. The zero-order valence-electron chi connectivity index (χ0n) is 19.5. The minimum absolute atomic E-state index is 0.233. The average Bonchev–Trinajstić information content (AvgIpc) is 3.09. The molecule has 0 atom stereocenters. The van der Waals surface area contributed by atoms with Crippen LogP contribution in [-0.4, -0.2) is 23.6 Å². The summed E-state index contributed by atoms with van der Waals surface area (Å²) in [5.41, 5.74) is 10.8. The first kappa shape index (κ1) is 24.2. The lowest BCUT2D eigenvalue weighted by Gasteiger charge is -2.14. The second-order valence-electron chi connectivity index (χ2n) is 8.17. The summed E-state index contributed by atoms with van der Waals surface area (Å²) in [5.74, 6) is -1.15. The van der Waals surface area contributed by atoms with Crippen molar-refractivity contribution < 1.29 is 18.7 Å². The second-order valence-corrected chi connectivity index (χ2v) is 8.17. The number of halogens is 1. The normalized spacial score (nSPS) is 10.9. The Balaban J connectivity index is 2.09. The molecule has 0 fully saturated rings. The van der Waals surface area contributed by atoms with Crippen LogP contribution >= 0.6 is 0 Å². The molecule has 5 nitrogen and oxygen atoms in total. The van der Waals surface area contributed by atoms with Crippen molar-refractivity contribution in [2.45, 2.75) is 52.5 Å². The van der Waals surface area contributed by atoms with Crippen LogP contribution in [0.1, 0.15) is 63.9 Å². The van der Waals surface area contributed by atoms with Gasteiger partial charge >= 0.3 is 5.97 Å². The van der Waals surface area contributed by atoms with Gasteiger partial charge in [0.25, 0.3) is 5.91 Å². The molecule has 1 amide bonds. The molecule has 1 aromatic heterocycles. The highest BCUT2D eigenvalue weighted by Gasteiger charge is 2.25. The molecule has 0 aliphatic rings. The third-order valence-corrected chi connectivity index (χ3v) is 6.05. The molecule has 0 unspecified atom stereocenters. The van der Waals surface area contributed by atoms with Gasteiger partial charge in [-0.05, 0) is 55.5 Å². The quantitative estimate of drug-likeness (QED) is 0.329. The number of rotatable bonds is 10. The summed E-state index contributed by atoms with van der Waals surface area (Å²) in [6.45, 7) is 4.57.